The molecule has 0 aliphatic carbocycles. The van der Waals surface area contributed by atoms with Crippen LogP contribution in [-0.4, -0.2) is 31.9 Å². The average molecular weight is 303 g/mol. The molecule has 0 amide bonds. The summed E-state index contributed by atoms with van der Waals surface area (Å²) in [5.74, 6) is 0.519. The van der Waals surface area contributed by atoms with Gasteiger partial charge in [-0.3, -0.25) is 0 Å². The Morgan fingerprint density at radius 2 is 2.00 bits per heavy atom. The molecular formula is C13H19ClN2O2S. The first-order chi connectivity index (χ1) is 8.95. The molecule has 1 aromatic rings. The van der Waals surface area contributed by atoms with Gasteiger partial charge in [0.1, 0.15) is 0 Å². The summed E-state index contributed by atoms with van der Waals surface area (Å²) in [6, 6.07) is 6.17. The first-order valence-electron chi connectivity index (χ1n) is 6.42. The largest absolute Gasteiger partial charge is 0.329 e. The van der Waals surface area contributed by atoms with Crippen molar-refractivity contribution in [2.45, 2.75) is 30.7 Å². The Morgan fingerprint density at radius 1 is 1.37 bits per heavy atom. The molecule has 0 spiro atoms. The second kappa shape index (κ2) is 5.79. The van der Waals surface area contributed by atoms with Gasteiger partial charge in [-0.1, -0.05) is 18.5 Å². The van der Waals surface area contributed by atoms with E-state index in [0.717, 1.165) is 12.8 Å². The molecule has 1 fully saturated rings. The second-order valence-corrected chi connectivity index (χ2v) is 7.42. The van der Waals surface area contributed by atoms with Gasteiger partial charge in [0.25, 0.3) is 0 Å². The number of nitrogens with two attached hydrogens (primary N) is 1. The highest BCUT2D eigenvalue weighted by molar-refractivity contribution is 7.89. The second-order valence-electron chi connectivity index (χ2n) is 5.09. The maximum Gasteiger partial charge on any atom is 0.243 e. The van der Waals surface area contributed by atoms with E-state index >= 15 is 0 Å². The molecule has 19 heavy (non-hydrogen) atoms. The number of hydrogen-bond acceptors (Lipinski definition) is 3. The molecule has 2 atom stereocenters. The molecular weight excluding hydrogens is 284 g/mol. The molecule has 2 rings (SSSR count). The Labute approximate surface area is 119 Å². The minimum atomic E-state index is -3.47. The average Bonchev–Trinajstić information content (AvgIpc) is 2.38. The molecule has 1 heterocycles. The lowest BCUT2D eigenvalue weighted by atomic mass is 9.94. The van der Waals surface area contributed by atoms with Crippen molar-refractivity contribution in [2.24, 2.45) is 11.7 Å². The first-order valence-corrected chi connectivity index (χ1v) is 8.24. The van der Waals surface area contributed by atoms with Crippen LogP contribution in [0.4, 0.5) is 0 Å². The zero-order chi connectivity index (χ0) is 14.0. The lowest BCUT2D eigenvalue weighted by Gasteiger charge is -2.36. The van der Waals surface area contributed by atoms with Gasteiger partial charge in [-0.15, -0.1) is 0 Å². The quantitative estimate of drug-likeness (QED) is 0.930. The van der Waals surface area contributed by atoms with Gasteiger partial charge in [-0.2, -0.15) is 4.31 Å². The zero-order valence-electron chi connectivity index (χ0n) is 10.9. The first kappa shape index (κ1) is 14.8. The summed E-state index contributed by atoms with van der Waals surface area (Å²) < 4.78 is 26.7. The fourth-order valence-electron chi connectivity index (χ4n) is 2.50. The minimum Gasteiger partial charge on any atom is -0.329 e. The van der Waals surface area contributed by atoms with Crippen molar-refractivity contribution in [3.05, 3.63) is 29.3 Å². The van der Waals surface area contributed by atoms with E-state index in [2.05, 4.69) is 6.92 Å². The molecule has 0 aromatic heterocycles. The van der Waals surface area contributed by atoms with Crippen molar-refractivity contribution in [3.63, 3.8) is 0 Å². The Hall–Kier alpha value is -0.620. The number of halogens is 1. The molecule has 2 unspecified atom stereocenters. The summed E-state index contributed by atoms with van der Waals surface area (Å²) >= 11 is 5.79. The van der Waals surface area contributed by atoms with Crippen LogP contribution < -0.4 is 5.73 Å². The van der Waals surface area contributed by atoms with Gasteiger partial charge >= 0.3 is 0 Å². The van der Waals surface area contributed by atoms with Crippen LogP contribution in [0.2, 0.25) is 5.02 Å². The third-order valence-electron chi connectivity index (χ3n) is 3.62. The van der Waals surface area contributed by atoms with Crippen LogP contribution in [0.5, 0.6) is 0 Å². The van der Waals surface area contributed by atoms with Crippen molar-refractivity contribution >= 4 is 21.6 Å². The van der Waals surface area contributed by atoms with E-state index in [-0.39, 0.29) is 10.9 Å². The minimum absolute atomic E-state index is 0.107. The summed E-state index contributed by atoms with van der Waals surface area (Å²) in [7, 11) is -3.47. The molecule has 1 aromatic carbocycles. The van der Waals surface area contributed by atoms with Gasteiger partial charge in [0.05, 0.1) is 4.90 Å². The van der Waals surface area contributed by atoms with Gasteiger partial charge in [-0.05, 0) is 43.0 Å². The van der Waals surface area contributed by atoms with Crippen molar-refractivity contribution in [1.29, 1.82) is 0 Å². The predicted octanol–water partition coefficient (Wildman–Crippen LogP) is 2.09. The summed E-state index contributed by atoms with van der Waals surface area (Å²) in [5.41, 5.74) is 5.73. The molecule has 4 nitrogen and oxygen atoms in total. The fraction of sp³-hybridized carbons (Fsp3) is 0.538. The van der Waals surface area contributed by atoms with Crippen molar-refractivity contribution in [3.8, 4) is 0 Å². The van der Waals surface area contributed by atoms with Crippen LogP contribution >= 0.6 is 11.6 Å². The van der Waals surface area contributed by atoms with Crippen LogP contribution in [0.15, 0.2) is 29.2 Å². The van der Waals surface area contributed by atoms with E-state index in [1.807, 2.05) is 0 Å². The molecule has 2 N–H and O–H groups in total. The van der Waals surface area contributed by atoms with E-state index in [9.17, 15) is 8.42 Å². The number of piperidine rings is 1. The fourth-order valence-corrected chi connectivity index (χ4v) is 4.29. The maximum atomic E-state index is 12.6. The van der Waals surface area contributed by atoms with Crippen LogP contribution in [-0.2, 0) is 10.0 Å². The van der Waals surface area contributed by atoms with E-state index in [1.54, 1.807) is 24.3 Å². The Balaban J connectivity index is 2.30. The van der Waals surface area contributed by atoms with Crippen LogP contribution in [0.1, 0.15) is 19.8 Å². The maximum absolute atomic E-state index is 12.6. The summed E-state index contributed by atoms with van der Waals surface area (Å²) in [6.07, 6.45) is 1.70. The predicted molar refractivity (Wildman–Crippen MR) is 76.6 cm³/mol. The molecule has 0 bridgehead atoms. The Bertz CT molecular complexity index is 530. The number of nitrogens with zero attached hydrogens (tertiary/aromatic N) is 1. The normalized spacial score (nSPS) is 25.4. The number of rotatable bonds is 3. The molecule has 0 saturated carbocycles. The topological polar surface area (TPSA) is 63.4 Å². The van der Waals surface area contributed by atoms with Gasteiger partial charge < -0.3 is 5.73 Å². The Morgan fingerprint density at radius 3 is 2.58 bits per heavy atom. The third kappa shape index (κ3) is 3.11. The van der Waals surface area contributed by atoms with E-state index in [1.165, 1.54) is 4.31 Å². The third-order valence-corrected chi connectivity index (χ3v) is 5.83. The SMILES string of the molecule is CC1CCN(S(=O)(=O)c2ccc(Cl)cc2)C(CN)C1. The van der Waals surface area contributed by atoms with Gasteiger partial charge in [0.15, 0.2) is 0 Å². The highest BCUT2D eigenvalue weighted by atomic mass is 35.5. The number of benzene rings is 1. The summed E-state index contributed by atoms with van der Waals surface area (Å²) in [4.78, 5) is 0.282. The zero-order valence-corrected chi connectivity index (χ0v) is 12.5. The van der Waals surface area contributed by atoms with Crippen molar-refractivity contribution in [2.75, 3.05) is 13.1 Å². The molecule has 1 saturated heterocycles. The highest BCUT2D eigenvalue weighted by Crippen LogP contribution is 2.28. The van der Waals surface area contributed by atoms with Crippen molar-refractivity contribution in [1.82, 2.24) is 4.31 Å². The molecule has 1 aliphatic rings. The van der Waals surface area contributed by atoms with E-state index < -0.39 is 10.0 Å². The standard InChI is InChI=1S/C13H19ClN2O2S/c1-10-6-7-16(12(8-10)9-15)19(17,18)13-4-2-11(14)3-5-13/h2-5,10,12H,6-9,15H2,1H3. The molecule has 0 radical (unpaired) electrons. The van der Waals surface area contributed by atoms with Gasteiger partial charge in [0.2, 0.25) is 10.0 Å². The highest BCUT2D eigenvalue weighted by Gasteiger charge is 2.34. The van der Waals surface area contributed by atoms with E-state index in [4.69, 9.17) is 17.3 Å². The lowest BCUT2D eigenvalue weighted by molar-refractivity contribution is 0.211. The number of sulfonamides is 1. The molecule has 106 valence electrons. The van der Waals surface area contributed by atoms with Gasteiger partial charge in [0, 0.05) is 24.2 Å². The number of hydrogen-bond donors (Lipinski definition) is 1. The molecule has 1 aliphatic heterocycles. The molecule has 6 heteroatoms. The van der Waals surface area contributed by atoms with Crippen molar-refractivity contribution < 1.29 is 8.42 Å². The smallest absolute Gasteiger partial charge is 0.243 e. The van der Waals surface area contributed by atoms with Crippen LogP contribution in [0, 0.1) is 5.92 Å². The Kier molecular flexibility index (Phi) is 4.50. The lowest BCUT2D eigenvalue weighted by Crippen LogP contribution is -2.49. The summed E-state index contributed by atoms with van der Waals surface area (Å²) in [5, 5.41) is 0.529. The van der Waals surface area contributed by atoms with Gasteiger partial charge in [-0.25, -0.2) is 8.42 Å². The van der Waals surface area contributed by atoms with Crippen LogP contribution in [0.3, 0.4) is 0 Å². The monoisotopic (exact) mass is 302 g/mol. The summed E-state index contributed by atoms with van der Waals surface area (Å²) in [6.45, 7) is 3.03. The van der Waals surface area contributed by atoms with E-state index in [0.29, 0.717) is 24.0 Å². The van der Waals surface area contributed by atoms with Crippen LogP contribution in [0.25, 0.3) is 0 Å².